The lowest BCUT2D eigenvalue weighted by Gasteiger charge is -2.31. The van der Waals surface area contributed by atoms with Crippen LogP contribution < -0.4 is 11.2 Å². The maximum atomic E-state index is 12.9. The van der Waals surface area contributed by atoms with Gasteiger partial charge in [0.2, 0.25) is 11.6 Å². The molecule has 2 aromatic heterocycles. The molecule has 0 radical (unpaired) electrons. The van der Waals surface area contributed by atoms with Crippen molar-refractivity contribution in [3.63, 3.8) is 0 Å². The highest BCUT2D eigenvalue weighted by Crippen LogP contribution is 2.24. The monoisotopic (exact) mass is 469 g/mol. The van der Waals surface area contributed by atoms with Gasteiger partial charge < -0.3 is 5.73 Å². The topological polar surface area (TPSA) is 140 Å². The standard InChI is InChI=1S/C21H27N9O2S/c1-29(15-6-4-3-5-7-15)13-17-18(24-28-30(17)20-19(22)26-32-27-20)21(31)25-23-12-14-8-10-16(33-2)11-9-14/h8-12,15H,3-7,13H2,1-2H3,(H2,22,26)(H,25,31)/b23-12-. The Morgan fingerprint density at radius 2 is 2.06 bits per heavy atom. The molecule has 0 atom stereocenters. The number of thioether (sulfide) groups is 1. The molecule has 0 spiro atoms. The van der Waals surface area contributed by atoms with Crippen LogP contribution in [0.3, 0.4) is 0 Å². The molecule has 2 heterocycles. The van der Waals surface area contributed by atoms with E-state index in [4.69, 9.17) is 10.4 Å². The minimum atomic E-state index is -0.472. The van der Waals surface area contributed by atoms with Crippen LogP contribution in [-0.4, -0.2) is 61.7 Å². The minimum Gasteiger partial charge on any atom is -0.378 e. The molecule has 0 saturated heterocycles. The molecular weight excluding hydrogens is 442 g/mol. The first-order valence-electron chi connectivity index (χ1n) is 10.8. The fourth-order valence-electron chi connectivity index (χ4n) is 3.92. The average molecular weight is 470 g/mol. The summed E-state index contributed by atoms with van der Waals surface area (Å²) < 4.78 is 6.13. The molecule has 174 valence electrons. The summed E-state index contributed by atoms with van der Waals surface area (Å²) in [6.07, 6.45) is 9.50. The molecule has 1 amide bonds. The Morgan fingerprint density at radius 3 is 2.73 bits per heavy atom. The van der Waals surface area contributed by atoms with Crippen molar-refractivity contribution in [2.75, 3.05) is 19.0 Å². The van der Waals surface area contributed by atoms with Crippen LogP contribution >= 0.6 is 11.8 Å². The van der Waals surface area contributed by atoms with Gasteiger partial charge in [0, 0.05) is 17.5 Å². The largest absolute Gasteiger partial charge is 0.378 e. The fraction of sp³-hybridized carbons (Fsp3) is 0.429. The van der Waals surface area contributed by atoms with E-state index in [0.717, 1.165) is 23.3 Å². The van der Waals surface area contributed by atoms with E-state index in [1.165, 1.54) is 23.9 Å². The number of carbonyl (C=O) groups is 1. The van der Waals surface area contributed by atoms with Crippen molar-refractivity contribution >= 4 is 29.7 Å². The van der Waals surface area contributed by atoms with E-state index >= 15 is 0 Å². The lowest BCUT2D eigenvalue weighted by molar-refractivity contribution is 0.0947. The van der Waals surface area contributed by atoms with Crippen molar-refractivity contribution in [2.24, 2.45) is 5.10 Å². The van der Waals surface area contributed by atoms with Crippen LogP contribution in [0.1, 0.15) is 53.8 Å². The predicted molar refractivity (Wildman–Crippen MR) is 125 cm³/mol. The number of aromatic nitrogens is 5. The van der Waals surface area contributed by atoms with Gasteiger partial charge in [-0.05, 0) is 54.2 Å². The normalized spacial score (nSPS) is 14.9. The zero-order valence-corrected chi connectivity index (χ0v) is 19.5. The highest BCUT2D eigenvalue weighted by molar-refractivity contribution is 7.98. The molecule has 0 aliphatic heterocycles. The number of nitrogens with zero attached hydrogens (tertiary/aromatic N) is 7. The zero-order chi connectivity index (χ0) is 23.2. The number of nitrogens with two attached hydrogens (primary N) is 1. The number of carbonyl (C=O) groups excluding carboxylic acids is 1. The van der Waals surface area contributed by atoms with Crippen LogP contribution in [-0.2, 0) is 6.54 Å². The van der Waals surface area contributed by atoms with Crippen LogP contribution in [0, 0.1) is 0 Å². The lowest BCUT2D eigenvalue weighted by Crippen LogP contribution is -2.34. The maximum absolute atomic E-state index is 12.9. The molecule has 1 aliphatic carbocycles. The van der Waals surface area contributed by atoms with E-state index in [2.05, 4.69) is 36.1 Å². The molecule has 33 heavy (non-hydrogen) atoms. The second-order valence-electron chi connectivity index (χ2n) is 7.95. The first-order valence-corrected chi connectivity index (χ1v) is 12.0. The summed E-state index contributed by atoms with van der Waals surface area (Å²) in [4.78, 5) is 16.3. The van der Waals surface area contributed by atoms with Gasteiger partial charge in [-0.3, -0.25) is 9.69 Å². The van der Waals surface area contributed by atoms with Gasteiger partial charge in [-0.25, -0.2) is 10.1 Å². The minimum absolute atomic E-state index is 0.0696. The highest BCUT2D eigenvalue weighted by atomic mass is 32.2. The van der Waals surface area contributed by atoms with E-state index in [-0.39, 0.29) is 17.3 Å². The van der Waals surface area contributed by atoms with Crippen molar-refractivity contribution in [1.82, 2.24) is 35.6 Å². The van der Waals surface area contributed by atoms with Crippen LogP contribution in [0.15, 0.2) is 38.9 Å². The molecule has 3 aromatic rings. The molecule has 1 aliphatic rings. The Hall–Kier alpha value is -3.25. The fourth-order valence-corrected chi connectivity index (χ4v) is 4.33. The first-order chi connectivity index (χ1) is 16.1. The predicted octanol–water partition coefficient (Wildman–Crippen LogP) is 2.48. The number of hydrazone groups is 1. The number of rotatable bonds is 8. The second kappa shape index (κ2) is 10.6. The quantitative estimate of drug-likeness (QED) is 0.289. The number of hydrogen-bond donors (Lipinski definition) is 2. The third kappa shape index (κ3) is 5.40. The van der Waals surface area contributed by atoms with E-state index in [0.29, 0.717) is 18.3 Å². The van der Waals surface area contributed by atoms with Crippen molar-refractivity contribution in [2.45, 2.75) is 49.6 Å². The number of nitrogen functional groups attached to an aromatic ring is 1. The molecule has 0 unspecified atom stereocenters. The molecule has 3 N–H and O–H groups in total. The van der Waals surface area contributed by atoms with E-state index in [1.807, 2.05) is 37.6 Å². The summed E-state index contributed by atoms with van der Waals surface area (Å²) >= 11 is 1.66. The van der Waals surface area contributed by atoms with Crippen molar-refractivity contribution in [3.05, 3.63) is 41.2 Å². The molecule has 1 fully saturated rings. The number of benzene rings is 1. The van der Waals surface area contributed by atoms with Gasteiger partial charge in [0.15, 0.2) is 5.69 Å². The number of amides is 1. The summed E-state index contributed by atoms with van der Waals surface area (Å²) in [5.74, 6) is -0.202. The molecule has 11 nitrogen and oxygen atoms in total. The Kier molecular flexibility index (Phi) is 7.35. The Bertz CT molecular complexity index is 1100. The summed E-state index contributed by atoms with van der Waals surface area (Å²) in [7, 11) is 2.04. The summed E-state index contributed by atoms with van der Waals surface area (Å²) in [6.45, 7) is 0.437. The van der Waals surface area contributed by atoms with Gasteiger partial charge in [0.05, 0.1) is 11.9 Å². The van der Waals surface area contributed by atoms with Gasteiger partial charge in [0.25, 0.3) is 5.91 Å². The van der Waals surface area contributed by atoms with Gasteiger partial charge >= 0.3 is 0 Å². The molecular formula is C21H27N9O2S. The summed E-state index contributed by atoms with van der Waals surface area (Å²) in [5, 5.41) is 19.7. The van der Waals surface area contributed by atoms with Gasteiger partial charge in [-0.1, -0.05) is 36.6 Å². The zero-order valence-electron chi connectivity index (χ0n) is 18.6. The van der Waals surface area contributed by atoms with Gasteiger partial charge in [0.1, 0.15) is 0 Å². The Morgan fingerprint density at radius 1 is 1.30 bits per heavy atom. The summed E-state index contributed by atoms with van der Waals surface area (Å²) in [5.41, 5.74) is 9.98. The number of nitrogens with one attached hydrogen (secondary N) is 1. The lowest BCUT2D eigenvalue weighted by atomic mass is 9.94. The molecule has 4 rings (SSSR count). The highest BCUT2D eigenvalue weighted by Gasteiger charge is 2.27. The van der Waals surface area contributed by atoms with Crippen molar-refractivity contribution in [1.29, 1.82) is 0 Å². The Labute approximate surface area is 195 Å². The average Bonchev–Trinajstić information content (AvgIpc) is 3.45. The van der Waals surface area contributed by atoms with Crippen LogP contribution in [0.25, 0.3) is 5.82 Å². The number of hydrogen-bond acceptors (Lipinski definition) is 10. The third-order valence-electron chi connectivity index (χ3n) is 5.77. The third-order valence-corrected chi connectivity index (χ3v) is 6.51. The second-order valence-corrected chi connectivity index (χ2v) is 8.83. The Balaban J connectivity index is 1.54. The van der Waals surface area contributed by atoms with Crippen LogP contribution in [0.5, 0.6) is 0 Å². The van der Waals surface area contributed by atoms with E-state index in [1.54, 1.807) is 18.0 Å². The summed E-state index contributed by atoms with van der Waals surface area (Å²) in [6, 6.07) is 8.28. The van der Waals surface area contributed by atoms with Crippen molar-refractivity contribution < 1.29 is 9.42 Å². The van der Waals surface area contributed by atoms with Gasteiger partial charge in [-0.2, -0.15) is 9.78 Å². The number of anilines is 1. The molecule has 1 aromatic carbocycles. The van der Waals surface area contributed by atoms with E-state index in [9.17, 15) is 4.79 Å². The molecule has 0 bridgehead atoms. The first kappa shape index (κ1) is 22.9. The SMILES string of the molecule is CSc1ccc(/C=N\NC(=O)c2nnn(-c3nonc3N)c2CN(C)C2CCCCC2)cc1. The molecule has 12 heteroatoms. The smallest absolute Gasteiger partial charge is 0.293 e. The van der Waals surface area contributed by atoms with E-state index < -0.39 is 5.91 Å². The van der Waals surface area contributed by atoms with Crippen LogP contribution in [0.2, 0.25) is 0 Å². The van der Waals surface area contributed by atoms with Gasteiger partial charge in [-0.15, -0.1) is 16.9 Å². The van der Waals surface area contributed by atoms with Crippen molar-refractivity contribution in [3.8, 4) is 5.82 Å². The molecule has 1 saturated carbocycles. The van der Waals surface area contributed by atoms with Crippen LogP contribution in [0.4, 0.5) is 5.82 Å². The maximum Gasteiger partial charge on any atom is 0.293 e.